The van der Waals surface area contributed by atoms with Crippen molar-refractivity contribution in [3.63, 3.8) is 0 Å². The van der Waals surface area contributed by atoms with E-state index in [2.05, 4.69) is 90.2 Å². The number of benzene rings is 2. The average Bonchev–Trinajstić information content (AvgIpc) is 2.65. The van der Waals surface area contributed by atoms with E-state index in [4.69, 9.17) is 4.74 Å². The first-order valence-electron chi connectivity index (χ1n) is 10.6. The van der Waals surface area contributed by atoms with E-state index in [0.29, 0.717) is 12.3 Å². The van der Waals surface area contributed by atoms with E-state index in [9.17, 15) is 4.79 Å². The molecule has 0 saturated heterocycles. The summed E-state index contributed by atoms with van der Waals surface area (Å²) in [5, 5.41) is 3.17. The molecular formula is C26H37NO2. The van der Waals surface area contributed by atoms with E-state index in [1.807, 2.05) is 0 Å². The highest BCUT2D eigenvalue weighted by Crippen LogP contribution is 2.32. The van der Waals surface area contributed by atoms with E-state index in [1.54, 1.807) is 7.11 Å². The van der Waals surface area contributed by atoms with Crippen molar-refractivity contribution in [1.82, 2.24) is 5.32 Å². The molecule has 0 heterocycles. The summed E-state index contributed by atoms with van der Waals surface area (Å²) in [7, 11) is 1.71. The lowest BCUT2D eigenvalue weighted by Crippen LogP contribution is -2.27. The number of nitrogens with one attached hydrogen (secondary N) is 1. The Kier molecular flexibility index (Phi) is 7.51. The number of amides is 1. The predicted octanol–water partition coefficient (Wildman–Crippen LogP) is 6.23. The molecule has 0 aliphatic heterocycles. The Morgan fingerprint density at radius 1 is 1.03 bits per heavy atom. The van der Waals surface area contributed by atoms with Crippen molar-refractivity contribution in [3.8, 4) is 5.75 Å². The monoisotopic (exact) mass is 395 g/mol. The average molecular weight is 396 g/mol. The largest absolute Gasteiger partial charge is 0.496 e. The number of hydrogen-bond donors (Lipinski definition) is 1. The minimum atomic E-state index is -0.0332. The molecule has 0 aliphatic carbocycles. The predicted molar refractivity (Wildman–Crippen MR) is 122 cm³/mol. The molecule has 0 bridgehead atoms. The molecule has 0 aromatic heterocycles. The SMILES string of the molecule is COc1cc(C)c(C(C)NC(=O)CCc2ccc(C(C)(C)C)cc2)cc1C(C)C. The summed E-state index contributed by atoms with van der Waals surface area (Å²) in [5.41, 5.74) is 6.12. The van der Waals surface area contributed by atoms with Crippen molar-refractivity contribution in [3.05, 3.63) is 64.2 Å². The minimum absolute atomic E-state index is 0.0332. The standard InChI is InChI=1S/C26H37NO2/c1-17(2)22-16-23(18(3)15-24(22)29-8)19(4)27-25(28)14-11-20-9-12-21(13-10-20)26(5,6)7/h9-10,12-13,15-17,19H,11,14H2,1-8H3,(H,27,28). The van der Waals surface area contributed by atoms with Gasteiger partial charge in [-0.15, -0.1) is 0 Å². The molecule has 1 unspecified atom stereocenters. The molecule has 3 nitrogen and oxygen atoms in total. The molecule has 1 N–H and O–H groups in total. The second kappa shape index (κ2) is 9.47. The maximum Gasteiger partial charge on any atom is 0.220 e. The molecule has 2 aromatic carbocycles. The van der Waals surface area contributed by atoms with Gasteiger partial charge in [-0.05, 0) is 71.6 Å². The van der Waals surface area contributed by atoms with Crippen LogP contribution in [-0.4, -0.2) is 13.0 Å². The van der Waals surface area contributed by atoms with Crippen LogP contribution in [0, 0.1) is 6.92 Å². The van der Waals surface area contributed by atoms with Crippen LogP contribution in [0.25, 0.3) is 0 Å². The summed E-state index contributed by atoms with van der Waals surface area (Å²) in [4.78, 5) is 12.5. The first-order chi connectivity index (χ1) is 13.5. The molecular weight excluding hydrogens is 358 g/mol. The number of methoxy groups -OCH3 is 1. The van der Waals surface area contributed by atoms with Crippen LogP contribution < -0.4 is 10.1 Å². The Bertz CT molecular complexity index is 829. The fraction of sp³-hybridized carbons (Fsp3) is 0.500. The smallest absolute Gasteiger partial charge is 0.220 e. The molecule has 0 spiro atoms. The Morgan fingerprint density at radius 2 is 1.66 bits per heavy atom. The van der Waals surface area contributed by atoms with Crippen LogP contribution in [-0.2, 0) is 16.6 Å². The van der Waals surface area contributed by atoms with Crippen molar-refractivity contribution in [2.75, 3.05) is 7.11 Å². The van der Waals surface area contributed by atoms with Crippen LogP contribution >= 0.6 is 0 Å². The molecule has 1 amide bonds. The molecule has 0 saturated carbocycles. The van der Waals surface area contributed by atoms with Crippen LogP contribution in [0.1, 0.15) is 87.7 Å². The van der Waals surface area contributed by atoms with E-state index >= 15 is 0 Å². The van der Waals surface area contributed by atoms with Gasteiger partial charge in [-0.1, -0.05) is 58.9 Å². The maximum absolute atomic E-state index is 12.5. The van der Waals surface area contributed by atoms with Gasteiger partial charge in [-0.3, -0.25) is 4.79 Å². The van der Waals surface area contributed by atoms with E-state index in [1.165, 1.54) is 16.7 Å². The van der Waals surface area contributed by atoms with Gasteiger partial charge >= 0.3 is 0 Å². The summed E-state index contributed by atoms with van der Waals surface area (Å²) in [6.07, 6.45) is 1.24. The number of hydrogen-bond acceptors (Lipinski definition) is 2. The first kappa shape index (κ1) is 23.0. The molecule has 158 valence electrons. The molecule has 0 radical (unpaired) electrons. The third-order valence-corrected chi connectivity index (χ3v) is 5.55. The highest BCUT2D eigenvalue weighted by molar-refractivity contribution is 5.76. The lowest BCUT2D eigenvalue weighted by atomic mass is 9.86. The van der Waals surface area contributed by atoms with Crippen molar-refractivity contribution >= 4 is 5.91 Å². The van der Waals surface area contributed by atoms with Gasteiger partial charge in [0, 0.05) is 6.42 Å². The lowest BCUT2D eigenvalue weighted by Gasteiger charge is -2.21. The molecule has 0 aliphatic rings. The Hall–Kier alpha value is -2.29. The highest BCUT2D eigenvalue weighted by atomic mass is 16.5. The summed E-state index contributed by atoms with van der Waals surface area (Å²) in [6, 6.07) is 12.8. The van der Waals surface area contributed by atoms with E-state index in [0.717, 1.165) is 23.3 Å². The zero-order valence-corrected chi connectivity index (χ0v) is 19.3. The van der Waals surface area contributed by atoms with Crippen LogP contribution in [0.2, 0.25) is 0 Å². The Balaban J connectivity index is 2.01. The topological polar surface area (TPSA) is 38.3 Å². The summed E-state index contributed by atoms with van der Waals surface area (Å²) < 4.78 is 5.53. The third kappa shape index (κ3) is 6.09. The number of carbonyl (C=O) groups is 1. The summed E-state index contributed by atoms with van der Waals surface area (Å²) in [6.45, 7) is 15.1. The van der Waals surface area contributed by atoms with Gasteiger partial charge in [-0.2, -0.15) is 0 Å². The van der Waals surface area contributed by atoms with Crippen LogP contribution in [0.5, 0.6) is 5.75 Å². The maximum atomic E-state index is 12.5. The van der Waals surface area contributed by atoms with Gasteiger partial charge in [0.1, 0.15) is 5.75 Å². The number of aryl methyl sites for hydroxylation is 2. The van der Waals surface area contributed by atoms with Crippen LogP contribution in [0.15, 0.2) is 36.4 Å². The number of ether oxygens (including phenoxy) is 1. The van der Waals surface area contributed by atoms with Gasteiger partial charge in [0.05, 0.1) is 13.2 Å². The summed E-state index contributed by atoms with van der Waals surface area (Å²) >= 11 is 0. The van der Waals surface area contributed by atoms with Gasteiger partial charge in [0.2, 0.25) is 5.91 Å². The van der Waals surface area contributed by atoms with Gasteiger partial charge in [0.25, 0.3) is 0 Å². The molecule has 0 fully saturated rings. The Morgan fingerprint density at radius 3 is 2.17 bits per heavy atom. The molecule has 29 heavy (non-hydrogen) atoms. The van der Waals surface area contributed by atoms with Crippen molar-refractivity contribution in [2.24, 2.45) is 0 Å². The molecule has 2 aromatic rings. The fourth-order valence-corrected chi connectivity index (χ4v) is 3.63. The normalized spacial score (nSPS) is 12.7. The van der Waals surface area contributed by atoms with Crippen molar-refractivity contribution in [1.29, 1.82) is 0 Å². The zero-order valence-electron chi connectivity index (χ0n) is 19.3. The lowest BCUT2D eigenvalue weighted by molar-refractivity contribution is -0.121. The zero-order chi connectivity index (χ0) is 21.8. The molecule has 3 heteroatoms. The second-order valence-electron chi connectivity index (χ2n) is 9.34. The fourth-order valence-electron chi connectivity index (χ4n) is 3.63. The second-order valence-corrected chi connectivity index (χ2v) is 9.34. The van der Waals surface area contributed by atoms with E-state index in [-0.39, 0.29) is 17.4 Å². The van der Waals surface area contributed by atoms with Gasteiger partial charge < -0.3 is 10.1 Å². The number of rotatable bonds is 7. The van der Waals surface area contributed by atoms with E-state index < -0.39 is 0 Å². The third-order valence-electron chi connectivity index (χ3n) is 5.55. The first-order valence-corrected chi connectivity index (χ1v) is 10.6. The quantitative estimate of drug-likeness (QED) is 0.603. The van der Waals surface area contributed by atoms with Crippen LogP contribution in [0.3, 0.4) is 0 Å². The number of carbonyl (C=O) groups excluding carboxylic acids is 1. The van der Waals surface area contributed by atoms with Gasteiger partial charge in [0.15, 0.2) is 0 Å². The van der Waals surface area contributed by atoms with Crippen LogP contribution in [0.4, 0.5) is 0 Å². The minimum Gasteiger partial charge on any atom is -0.496 e. The highest BCUT2D eigenvalue weighted by Gasteiger charge is 2.17. The van der Waals surface area contributed by atoms with Crippen molar-refractivity contribution < 1.29 is 9.53 Å². The molecule has 2 rings (SSSR count). The summed E-state index contributed by atoms with van der Waals surface area (Å²) in [5.74, 6) is 1.36. The van der Waals surface area contributed by atoms with Crippen molar-refractivity contribution in [2.45, 2.75) is 78.7 Å². The van der Waals surface area contributed by atoms with Gasteiger partial charge in [-0.25, -0.2) is 0 Å². The Labute approximate surface area is 176 Å². The molecule has 1 atom stereocenters.